The number of Topliss-reactive ketones (excluding diaryl/α,β-unsaturated/α-hetero) is 1. The predicted octanol–water partition coefficient (Wildman–Crippen LogP) is 4.72. The van der Waals surface area contributed by atoms with E-state index in [4.69, 9.17) is 9.47 Å². The third kappa shape index (κ3) is 4.60. The lowest BCUT2D eigenvalue weighted by atomic mass is 9.93. The minimum atomic E-state index is -0.809. The number of rotatable bonds is 6. The van der Waals surface area contributed by atoms with Crippen LogP contribution in [0.4, 0.5) is 0 Å². The van der Waals surface area contributed by atoms with Crippen LogP contribution in [-0.2, 0) is 20.9 Å². The fraction of sp³-hybridized carbons (Fsp3) is 0.207. The Morgan fingerprint density at radius 2 is 1.61 bits per heavy atom. The second kappa shape index (κ2) is 10.1. The maximum atomic E-state index is 13.3. The third-order valence-electron chi connectivity index (χ3n) is 6.35. The van der Waals surface area contributed by atoms with E-state index in [2.05, 4.69) is 0 Å². The summed E-state index contributed by atoms with van der Waals surface area (Å²) in [6.45, 7) is 3.84. The van der Waals surface area contributed by atoms with Gasteiger partial charge in [-0.1, -0.05) is 42.0 Å². The van der Waals surface area contributed by atoms with Gasteiger partial charge in [-0.3, -0.25) is 9.59 Å². The highest BCUT2D eigenvalue weighted by atomic mass is 16.5. The number of aryl methyl sites for hydroxylation is 2. The molecule has 1 heterocycles. The zero-order chi connectivity index (χ0) is 26.0. The van der Waals surface area contributed by atoms with Gasteiger partial charge >= 0.3 is 5.97 Å². The topological polar surface area (TPSA) is 93.1 Å². The maximum absolute atomic E-state index is 13.3. The van der Waals surface area contributed by atoms with Gasteiger partial charge in [0, 0.05) is 12.1 Å². The number of esters is 1. The highest BCUT2D eigenvalue weighted by molar-refractivity contribution is 6.46. The van der Waals surface area contributed by atoms with Crippen molar-refractivity contribution in [1.82, 2.24) is 4.90 Å². The van der Waals surface area contributed by atoms with Gasteiger partial charge in [-0.05, 0) is 60.9 Å². The second-order valence-electron chi connectivity index (χ2n) is 8.71. The fourth-order valence-electron chi connectivity index (χ4n) is 4.37. The van der Waals surface area contributed by atoms with Crippen LogP contribution in [0.25, 0.3) is 5.76 Å². The summed E-state index contributed by atoms with van der Waals surface area (Å²) in [6.07, 6.45) is 0. The second-order valence-corrected chi connectivity index (χ2v) is 8.71. The van der Waals surface area contributed by atoms with Crippen molar-refractivity contribution in [1.29, 1.82) is 0 Å². The average Bonchev–Trinajstić information content (AvgIpc) is 3.14. The van der Waals surface area contributed by atoms with Gasteiger partial charge in [-0.2, -0.15) is 0 Å². The van der Waals surface area contributed by atoms with Gasteiger partial charge in [-0.15, -0.1) is 0 Å². The molecule has 0 aromatic heterocycles. The first-order chi connectivity index (χ1) is 17.2. The van der Waals surface area contributed by atoms with Crippen LogP contribution in [-0.4, -0.2) is 41.9 Å². The summed E-state index contributed by atoms with van der Waals surface area (Å²) in [5.41, 5.74) is 4.01. The highest BCUT2D eigenvalue weighted by Gasteiger charge is 2.46. The molecular weight excluding hydrogens is 458 g/mol. The van der Waals surface area contributed by atoms with Gasteiger partial charge in [0.2, 0.25) is 0 Å². The summed E-state index contributed by atoms with van der Waals surface area (Å²) in [6, 6.07) is 18.5. The molecule has 4 rings (SSSR count). The molecule has 1 aliphatic rings. The van der Waals surface area contributed by atoms with Crippen molar-refractivity contribution in [2.75, 3.05) is 14.2 Å². The fourth-order valence-corrected chi connectivity index (χ4v) is 4.37. The Balaban J connectivity index is 1.82. The molecule has 184 valence electrons. The first-order valence-electron chi connectivity index (χ1n) is 11.4. The van der Waals surface area contributed by atoms with Gasteiger partial charge in [0.15, 0.2) is 0 Å². The number of likely N-dealkylation sites (tertiary alicyclic amines) is 1. The summed E-state index contributed by atoms with van der Waals surface area (Å²) in [7, 11) is 2.86. The van der Waals surface area contributed by atoms with Gasteiger partial charge in [0.05, 0.1) is 31.4 Å². The third-order valence-corrected chi connectivity index (χ3v) is 6.35. The molecule has 3 aromatic carbocycles. The summed E-state index contributed by atoms with van der Waals surface area (Å²) in [5, 5.41) is 11.4. The zero-order valence-electron chi connectivity index (χ0n) is 20.6. The number of amides is 1. The molecule has 0 bridgehead atoms. The highest BCUT2D eigenvalue weighted by Crippen LogP contribution is 2.41. The number of ether oxygens (including phenoxy) is 2. The minimum Gasteiger partial charge on any atom is -0.507 e. The van der Waals surface area contributed by atoms with Crippen molar-refractivity contribution in [3.63, 3.8) is 0 Å². The molecule has 1 atom stereocenters. The van der Waals surface area contributed by atoms with E-state index in [9.17, 15) is 19.5 Å². The zero-order valence-corrected chi connectivity index (χ0v) is 20.6. The van der Waals surface area contributed by atoms with Crippen LogP contribution in [0, 0.1) is 13.8 Å². The van der Waals surface area contributed by atoms with Crippen LogP contribution in [0.1, 0.15) is 44.2 Å². The standard InChI is InChI=1S/C29H27NO6/c1-17-5-6-18(2)23(15-17)26(31)24-25(20-11-13-22(35-3)14-12-20)30(28(33)27(24)32)16-19-7-9-21(10-8-19)29(34)36-4/h5-15,25,31H,16H2,1-4H3/b26-24+. The summed E-state index contributed by atoms with van der Waals surface area (Å²) < 4.78 is 10.0. The normalized spacial score (nSPS) is 16.8. The van der Waals surface area contributed by atoms with Crippen molar-refractivity contribution in [2.24, 2.45) is 0 Å². The molecule has 1 saturated heterocycles. The Morgan fingerprint density at radius 3 is 2.22 bits per heavy atom. The van der Waals surface area contributed by atoms with E-state index in [1.54, 1.807) is 61.7 Å². The number of carbonyl (C=O) groups is 3. The van der Waals surface area contributed by atoms with Crippen LogP contribution in [0.3, 0.4) is 0 Å². The Morgan fingerprint density at radius 1 is 0.944 bits per heavy atom. The van der Waals surface area contributed by atoms with Gasteiger partial charge in [-0.25, -0.2) is 4.79 Å². The Hall–Kier alpha value is -4.39. The molecule has 1 aliphatic heterocycles. The average molecular weight is 486 g/mol. The number of ketones is 1. The van der Waals surface area contributed by atoms with E-state index < -0.39 is 23.7 Å². The van der Waals surface area contributed by atoms with Crippen molar-refractivity contribution in [3.8, 4) is 5.75 Å². The van der Waals surface area contributed by atoms with Crippen molar-refractivity contribution < 1.29 is 29.0 Å². The van der Waals surface area contributed by atoms with E-state index >= 15 is 0 Å². The molecule has 36 heavy (non-hydrogen) atoms. The van der Waals surface area contributed by atoms with Crippen molar-refractivity contribution in [3.05, 3.63) is 106 Å². The van der Waals surface area contributed by atoms with Crippen molar-refractivity contribution >= 4 is 23.4 Å². The maximum Gasteiger partial charge on any atom is 0.337 e. The van der Waals surface area contributed by atoms with Crippen LogP contribution in [0.5, 0.6) is 5.75 Å². The molecule has 1 unspecified atom stereocenters. The summed E-state index contributed by atoms with van der Waals surface area (Å²) >= 11 is 0. The molecule has 0 radical (unpaired) electrons. The number of carbonyl (C=O) groups excluding carboxylic acids is 3. The Bertz CT molecular complexity index is 1360. The van der Waals surface area contributed by atoms with E-state index in [-0.39, 0.29) is 17.9 Å². The monoisotopic (exact) mass is 485 g/mol. The van der Waals surface area contributed by atoms with Crippen LogP contribution in [0.15, 0.2) is 72.3 Å². The lowest BCUT2D eigenvalue weighted by molar-refractivity contribution is -0.140. The van der Waals surface area contributed by atoms with E-state index in [0.717, 1.165) is 16.7 Å². The SMILES string of the molecule is COC(=O)c1ccc(CN2C(=O)C(=O)/C(=C(/O)c3cc(C)ccc3C)C2c2ccc(OC)cc2)cc1. The van der Waals surface area contributed by atoms with Crippen LogP contribution < -0.4 is 4.74 Å². The van der Waals surface area contributed by atoms with E-state index in [1.807, 2.05) is 26.0 Å². The molecule has 1 N–H and O–H groups in total. The molecule has 1 amide bonds. The molecule has 7 heteroatoms. The minimum absolute atomic E-state index is 0.0325. The van der Waals surface area contributed by atoms with E-state index in [0.29, 0.717) is 22.4 Å². The molecule has 0 saturated carbocycles. The number of hydrogen-bond donors (Lipinski definition) is 1. The predicted molar refractivity (Wildman–Crippen MR) is 135 cm³/mol. The molecule has 0 aliphatic carbocycles. The van der Waals surface area contributed by atoms with Gasteiger partial charge in [0.1, 0.15) is 11.5 Å². The van der Waals surface area contributed by atoms with Crippen molar-refractivity contribution in [2.45, 2.75) is 26.4 Å². The van der Waals surface area contributed by atoms with Crippen LogP contribution in [0.2, 0.25) is 0 Å². The first kappa shape index (κ1) is 24.7. The Labute approximate surface area is 209 Å². The first-order valence-corrected chi connectivity index (χ1v) is 11.4. The lowest BCUT2D eigenvalue weighted by Crippen LogP contribution is -2.29. The Kier molecular flexibility index (Phi) is 6.92. The number of aliphatic hydroxyl groups is 1. The molecule has 1 fully saturated rings. The molecular formula is C29H27NO6. The van der Waals surface area contributed by atoms with Crippen LogP contribution >= 0.6 is 0 Å². The van der Waals surface area contributed by atoms with E-state index in [1.165, 1.54) is 12.0 Å². The molecule has 3 aromatic rings. The number of aliphatic hydroxyl groups excluding tert-OH is 1. The summed E-state index contributed by atoms with van der Waals surface area (Å²) in [4.78, 5) is 39.8. The number of methoxy groups -OCH3 is 2. The number of hydrogen-bond acceptors (Lipinski definition) is 6. The van der Waals surface area contributed by atoms with Gasteiger partial charge < -0.3 is 19.5 Å². The number of benzene rings is 3. The van der Waals surface area contributed by atoms with Gasteiger partial charge in [0.25, 0.3) is 11.7 Å². The lowest BCUT2D eigenvalue weighted by Gasteiger charge is -2.26. The largest absolute Gasteiger partial charge is 0.507 e. The molecule has 7 nitrogen and oxygen atoms in total. The smallest absolute Gasteiger partial charge is 0.337 e. The summed E-state index contributed by atoms with van der Waals surface area (Å²) in [5.74, 6) is -1.50. The molecule has 0 spiro atoms. The quantitative estimate of drug-likeness (QED) is 0.235. The number of nitrogens with zero attached hydrogens (tertiary/aromatic N) is 1.